The zero-order valence-corrected chi connectivity index (χ0v) is 13.3. The van der Waals surface area contributed by atoms with E-state index >= 15 is 0 Å². The van der Waals surface area contributed by atoms with E-state index in [1.165, 1.54) is 0 Å². The van der Waals surface area contributed by atoms with Crippen molar-refractivity contribution in [1.29, 1.82) is 0 Å². The van der Waals surface area contributed by atoms with Gasteiger partial charge >= 0.3 is 0 Å². The van der Waals surface area contributed by atoms with Gasteiger partial charge in [-0.05, 0) is 29.8 Å². The maximum Gasteiger partial charge on any atom is 0.147 e. The number of nitrogens with zero attached hydrogens (tertiary/aromatic N) is 1. The molecule has 1 N–H and O–H groups in total. The fourth-order valence-corrected chi connectivity index (χ4v) is 2.25. The Labute approximate surface area is 122 Å². The average Bonchev–Trinajstić information content (AvgIpc) is 2.41. The largest absolute Gasteiger partial charge is 0.494 e. The molecule has 0 aliphatic rings. The molecule has 0 saturated heterocycles. The van der Waals surface area contributed by atoms with E-state index in [4.69, 9.17) is 9.47 Å². The lowest BCUT2D eigenvalue weighted by molar-refractivity contribution is 0.0142. The van der Waals surface area contributed by atoms with Crippen LogP contribution < -0.4 is 4.74 Å². The smallest absolute Gasteiger partial charge is 0.147 e. The van der Waals surface area contributed by atoms with Crippen LogP contribution in [0.25, 0.3) is 0 Å². The number of halogens is 1. The minimum Gasteiger partial charge on any atom is -0.494 e. The van der Waals surface area contributed by atoms with Gasteiger partial charge in [-0.3, -0.25) is 4.98 Å². The Hall–Kier alpha value is -0.910. The van der Waals surface area contributed by atoms with Crippen LogP contribution in [0.15, 0.2) is 23.3 Å². The summed E-state index contributed by atoms with van der Waals surface area (Å²) >= 11 is 3.40. The third-order valence-corrected chi connectivity index (χ3v) is 4.08. The van der Waals surface area contributed by atoms with Crippen molar-refractivity contribution >= 4 is 15.9 Å². The first-order valence-corrected chi connectivity index (χ1v) is 6.79. The molecule has 0 aliphatic carbocycles. The molecule has 1 heterocycles. The first-order chi connectivity index (χ1) is 8.97. The van der Waals surface area contributed by atoms with E-state index in [1.807, 2.05) is 13.8 Å². The molecule has 3 unspecified atom stereocenters. The van der Waals surface area contributed by atoms with Crippen molar-refractivity contribution in [2.24, 2.45) is 5.92 Å². The van der Waals surface area contributed by atoms with Crippen molar-refractivity contribution in [3.8, 4) is 5.75 Å². The van der Waals surface area contributed by atoms with Crippen molar-refractivity contribution in [3.63, 3.8) is 0 Å². The highest BCUT2D eigenvalue weighted by Gasteiger charge is 2.28. The second kappa shape index (κ2) is 7.03. The molecule has 0 amide bonds. The lowest BCUT2D eigenvalue weighted by Crippen LogP contribution is -2.25. The molecule has 0 fully saturated rings. The Balaban J connectivity index is 3.21. The van der Waals surface area contributed by atoms with Crippen molar-refractivity contribution in [2.75, 3.05) is 14.2 Å². The van der Waals surface area contributed by atoms with Crippen molar-refractivity contribution in [1.82, 2.24) is 4.98 Å². The van der Waals surface area contributed by atoms with E-state index in [-0.39, 0.29) is 12.0 Å². The van der Waals surface area contributed by atoms with E-state index < -0.39 is 6.10 Å². The summed E-state index contributed by atoms with van der Waals surface area (Å²) < 4.78 is 11.5. The molecule has 0 saturated carbocycles. The van der Waals surface area contributed by atoms with Gasteiger partial charge in [0, 0.05) is 29.3 Å². The molecular formula is C14H20BrNO3. The summed E-state index contributed by atoms with van der Waals surface area (Å²) in [4.78, 5) is 4.27. The van der Waals surface area contributed by atoms with Gasteiger partial charge in [0.25, 0.3) is 0 Å². The lowest BCUT2D eigenvalue weighted by atomic mass is 9.93. The van der Waals surface area contributed by atoms with E-state index in [0.29, 0.717) is 11.4 Å². The number of pyridine rings is 1. The third-order valence-electron chi connectivity index (χ3n) is 3.28. The number of rotatable bonds is 6. The van der Waals surface area contributed by atoms with Gasteiger partial charge in [-0.1, -0.05) is 6.08 Å². The number of hydrogen-bond acceptors (Lipinski definition) is 4. The van der Waals surface area contributed by atoms with Gasteiger partial charge in [-0.15, -0.1) is 6.58 Å². The van der Waals surface area contributed by atoms with Gasteiger partial charge in [0.2, 0.25) is 0 Å². The molecule has 0 aliphatic heterocycles. The van der Waals surface area contributed by atoms with E-state index in [1.54, 1.807) is 26.5 Å². The molecule has 3 atom stereocenters. The van der Waals surface area contributed by atoms with Crippen LogP contribution in [0.2, 0.25) is 0 Å². The maximum atomic E-state index is 10.5. The monoisotopic (exact) mass is 329 g/mol. The van der Waals surface area contributed by atoms with Crippen LogP contribution in [-0.4, -0.2) is 30.4 Å². The number of hydrogen-bond donors (Lipinski definition) is 1. The number of aliphatic hydroxyl groups excluding tert-OH is 1. The SMILES string of the molecule is C=CC(C(C)OC)C(O)c1ncc(Br)c(C)c1OC. The lowest BCUT2D eigenvalue weighted by Gasteiger charge is -2.26. The Morgan fingerprint density at radius 3 is 2.58 bits per heavy atom. The van der Waals surface area contributed by atoms with E-state index in [2.05, 4.69) is 27.5 Å². The standard InChI is InChI=1S/C14H20BrNO3/c1-6-10(9(3)18-4)13(17)12-14(19-5)8(2)11(15)7-16-12/h6-7,9-10,13,17H,1H2,2-5H3. The quantitative estimate of drug-likeness (QED) is 0.815. The van der Waals surface area contributed by atoms with Gasteiger partial charge in [0.05, 0.1) is 13.2 Å². The highest BCUT2D eigenvalue weighted by Crippen LogP contribution is 2.36. The number of ether oxygens (including phenoxy) is 2. The molecule has 0 radical (unpaired) electrons. The van der Waals surface area contributed by atoms with Crippen molar-refractivity contribution in [2.45, 2.75) is 26.1 Å². The first-order valence-electron chi connectivity index (χ1n) is 6.00. The van der Waals surface area contributed by atoms with Gasteiger partial charge in [-0.2, -0.15) is 0 Å². The second-order valence-electron chi connectivity index (χ2n) is 4.35. The molecule has 0 bridgehead atoms. The van der Waals surface area contributed by atoms with Crippen LogP contribution in [0.4, 0.5) is 0 Å². The van der Waals surface area contributed by atoms with Gasteiger partial charge in [0.1, 0.15) is 17.5 Å². The molecule has 19 heavy (non-hydrogen) atoms. The van der Waals surface area contributed by atoms with Crippen LogP contribution in [0.1, 0.15) is 24.3 Å². The zero-order valence-electron chi connectivity index (χ0n) is 11.7. The van der Waals surface area contributed by atoms with Crippen molar-refractivity contribution < 1.29 is 14.6 Å². The fraction of sp³-hybridized carbons (Fsp3) is 0.500. The normalized spacial score (nSPS) is 15.7. The van der Waals surface area contributed by atoms with E-state index in [9.17, 15) is 5.11 Å². The Bertz CT molecular complexity index is 451. The highest BCUT2D eigenvalue weighted by molar-refractivity contribution is 9.10. The molecule has 4 nitrogen and oxygen atoms in total. The minimum atomic E-state index is -0.825. The Kier molecular flexibility index (Phi) is 5.97. The summed E-state index contributed by atoms with van der Waals surface area (Å²) in [5.74, 6) is 0.323. The van der Waals surface area contributed by atoms with Crippen molar-refractivity contribution in [3.05, 3.63) is 34.6 Å². The predicted octanol–water partition coefficient (Wildman–Crippen LogP) is 3.03. The molecule has 1 rings (SSSR count). The number of aliphatic hydroxyl groups is 1. The van der Waals surface area contributed by atoms with Crippen LogP contribution in [-0.2, 0) is 4.74 Å². The third kappa shape index (κ3) is 3.35. The minimum absolute atomic E-state index is 0.164. The van der Waals surface area contributed by atoms with Crippen LogP contribution in [0, 0.1) is 12.8 Å². The molecular weight excluding hydrogens is 310 g/mol. The second-order valence-corrected chi connectivity index (χ2v) is 5.20. The summed E-state index contributed by atoms with van der Waals surface area (Å²) in [5, 5.41) is 10.5. The fourth-order valence-electron chi connectivity index (χ4n) is 1.97. The number of methoxy groups -OCH3 is 2. The Morgan fingerprint density at radius 1 is 1.47 bits per heavy atom. The first kappa shape index (κ1) is 16.1. The van der Waals surface area contributed by atoms with Gasteiger partial charge in [-0.25, -0.2) is 0 Å². The summed E-state index contributed by atoms with van der Waals surface area (Å²) in [6, 6.07) is 0. The van der Waals surface area contributed by atoms with E-state index in [0.717, 1.165) is 10.0 Å². The van der Waals surface area contributed by atoms with Crippen LogP contribution in [0.3, 0.4) is 0 Å². The molecule has 0 aromatic carbocycles. The predicted molar refractivity (Wildman–Crippen MR) is 78.3 cm³/mol. The topological polar surface area (TPSA) is 51.6 Å². The molecule has 1 aromatic heterocycles. The summed E-state index contributed by atoms with van der Waals surface area (Å²) in [7, 11) is 3.17. The summed E-state index contributed by atoms with van der Waals surface area (Å²) in [6.45, 7) is 7.54. The molecule has 1 aromatic rings. The van der Waals surface area contributed by atoms with Gasteiger partial charge in [0.15, 0.2) is 0 Å². The summed E-state index contributed by atoms with van der Waals surface area (Å²) in [5.41, 5.74) is 1.40. The Morgan fingerprint density at radius 2 is 2.11 bits per heavy atom. The zero-order chi connectivity index (χ0) is 14.6. The maximum absolute atomic E-state index is 10.5. The number of aromatic nitrogens is 1. The van der Waals surface area contributed by atoms with Crippen LogP contribution in [0.5, 0.6) is 5.75 Å². The van der Waals surface area contributed by atoms with Gasteiger partial charge < -0.3 is 14.6 Å². The molecule has 106 valence electrons. The molecule has 0 spiro atoms. The van der Waals surface area contributed by atoms with Crippen LogP contribution >= 0.6 is 15.9 Å². The summed E-state index contributed by atoms with van der Waals surface area (Å²) in [6.07, 6.45) is 2.35. The highest BCUT2D eigenvalue weighted by atomic mass is 79.9. The molecule has 5 heteroatoms. The average molecular weight is 330 g/mol.